The van der Waals surface area contributed by atoms with Gasteiger partial charge in [-0.1, -0.05) is 12.1 Å². The summed E-state index contributed by atoms with van der Waals surface area (Å²) in [5.41, 5.74) is 2.91. The minimum absolute atomic E-state index is 0.340. The smallest absolute Gasteiger partial charge is 0.417 e. The molecule has 0 aliphatic carbocycles. The van der Waals surface area contributed by atoms with Crippen molar-refractivity contribution >= 4 is 11.3 Å². The number of aromatic nitrogens is 7. The van der Waals surface area contributed by atoms with Crippen LogP contribution in [-0.4, -0.2) is 48.5 Å². The zero-order valence-corrected chi connectivity index (χ0v) is 20.5. The largest absolute Gasteiger partial charge is 0.497 e. The van der Waals surface area contributed by atoms with Crippen LogP contribution in [0, 0.1) is 6.92 Å². The number of methoxy groups -OCH3 is 1. The summed E-state index contributed by atoms with van der Waals surface area (Å²) in [5, 5.41) is 8.73. The van der Waals surface area contributed by atoms with Crippen LogP contribution in [0.4, 0.5) is 19.0 Å². The first-order valence-corrected chi connectivity index (χ1v) is 11.3. The molecule has 0 bridgehead atoms. The molecule has 9 nitrogen and oxygen atoms in total. The third-order valence-corrected chi connectivity index (χ3v) is 6.04. The quantitative estimate of drug-likeness (QED) is 0.332. The molecular formula is C25H23F3N8O. The Morgan fingerprint density at radius 3 is 2.41 bits per heavy atom. The van der Waals surface area contributed by atoms with Gasteiger partial charge in [-0.25, -0.2) is 14.5 Å². The van der Waals surface area contributed by atoms with Crippen LogP contribution in [-0.2, 0) is 19.8 Å². The van der Waals surface area contributed by atoms with Crippen molar-refractivity contribution in [3.05, 3.63) is 72.1 Å². The molecule has 5 rings (SSSR count). The third kappa shape index (κ3) is 4.46. The minimum Gasteiger partial charge on any atom is -0.497 e. The van der Waals surface area contributed by atoms with E-state index in [1.54, 1.807) is 29.6 Å². The standard InChI is InChI=1S/C25H23F3N8O/c1-15-33-21(19-12-31-35(3)22(19)20-10-7-17(11-29-20)25(26,27)28)23-24(30-14-32-36(15)23)34(2)13-16-5-8-18(37-4)9-6-16/h5-12,14H,13H2,1-4H3. The molecular weight excluding hydrogens is 485 g/mol. The molecule has 12 heteroatoms. The van der Waals surface area contributed by atoms with Gasteiger partial charge in [0.25, 0.3) is 0 Å². The Bertz CT molecular complexity index is 1560. The van der Waals surface area contributed by atoms with Gasteiger partial charge in [0.15, 0.2) is 5.82 Å². The maximum atomic E-state index is 13.1. The summed E-state index contributed by atoms with van der Waals surface area (Å²) in [6.45, 7) is 2.38. The molecule has 0 unspecified atom stereocenters. The number of ether oxygens (including phenoxy) is 1. The maximum Gasteiger partial charge on any atom is 0.417 e. The number of fused-ring (bicyclic) bond motifs is 1. The van der Waals surface area contributed by atoms with Crippen LogP contribution < -0.4 is 9.64 Å². The molecule has 0 aliphatic heterocycles. The van der Waals surface area contributed by atoms with E-state index in [-0.39, 0.29) is 0 Å². The normalized spacial score (nSPS) is 11.8. The van der Waals surface area contributed by atoms with Crippen LogP contribution in [0.1, 0.15) is 17.0 Å². The van der Waals surface area contributed by atoms with Crippen LogP contribution in [0.15, 0.2) is 55.1 Å². The molecule has 0 N–H and O–H groups in total. The van der Waals surface area contributed by atoms with Gasteiger partial charge in [-0.3, -0.25) is 9.67 Å². The lowest BCUT2D eigenvalue weighted by molar-refractivity contribution is -0.137. The molecule has 0 radical (unpaired) electrons. The van der Waals surface area contributed by atoms with E-state index >= 15 is 0 Å². The van der Waals surface area contributed by atoms with E-state index in [9.17, 15) is 13.2 Å². The molecule has 4 aromatic heterocycles. The van der Waals surface area contributed by atoms with Gasteiger partial charge in [-0.15, -0.1) is 0 Å². The molecule has 1 aromatic carbocycles. The van der Waals surface area contributed by atoms with Gasteiger partial charge in [0.2, 0.25) is 0 Å². The summed E-state index contributed by atoms with van der Waals surface area (Å²) in [5.74, 6) is 2.03. The average molecular weight is 509 g/mol. The SMILES string of the molecule is COc1ccc(CN(C)c2ncnn3c(C)nc(-c4cnn(C)c4-c4ccc(C(F)(F)F)cn4)c23)cc1. The summed E-state index contributed by atoms with van der Waals surface area (Å²) >= 11 is 0. The first-order chi connectivity index (χ1) is 17.7. The molecule has 37 heavy (non-hydrogen) atoms. The third-order valence-electron chi connectivity index (χ3n) is 6.04. The van der Waals surface area contributed by atoms with E-state index in [1.165, 1.54) is 12.4 Å². The Morgan fingerprint density at radius 1 is 1.00 bits per heavy atom. The second-order valence-corrected chi connectivity index (χ2v) is 8.52. The van der Waals surface area contributed by atoms with Gasteiger partial charge in [0, 0.05) is 26.8 Å². The topological polar surface area (TPSA) is 86.3 Å². The molecule has 0 spiro atoms. The highest BCUT2D eigenvalue weighted by Gasteiger charge is 2.31. The number of anilines is 1. The average Bonchev–Trinajstić information content (AvgIpc) is 3.43. The lowest BCUT2D eigenvalue weighted by Gasteiger charge is -2.19. The highest BCUT2D eigenvalue weighted by Crippen LogP contribution is 2.37. The zero-order chi connectivity index (χ0) is 26.3. The van der Waals surface area contributed by atoms with Crippen molar-refractivity contribution in [3.63, 3.8) is 0 Å². The Labute approximate surface area is 210 Å². The van der Waals surface area contributed by atoms with Crippen molar-refractivity contribution in [1.29, 1.82) is 0 Å². The number of hydrogen-bond acceptors (Lipinski definition) is 7. The van der Waals surface area contributed by atoms with E-state index in [0.29, 0.717) is 46.3 Å². The lowest BCUT2D eigenvalue weighted by atomic mass is 10.1. The molecule has 0 amide bonds. The molecule has 190 valence electrons. The van der Waals surface area contributed by atoms with E-state index in [0.717, 1.165) is 23.6 Å². The van der Waals surface area contributed by atoms with Crippen molar-refractivity contribution in [2.24, 2.45) is 7.05 Å². The maximum absolute atomic E-state index is 13.1. The van der Waals surface area contributed by atoms with Gasteiger partial charge in [-0.2, -0.15) is 23.4 Å². The van der Waals surface area contributed by atoms with E-state index in [4.69, 9.17) is 9.72 Å². The summed E-state index contributed by atoms with van der Waals surface area (Å²) in [6.07, 6.45) is -0.567. The Balaban J connectivity index is 1.60. The molecule has 0 aliphatic rings. The number of imidazole rings is 1. The van der Waals surface area contributed by atoms with Crippen LogP contribution in [0.5, 0.6) is 5.75 Å². The Morgan fingerprint density at radius 2 is 1.76 bits per heavy atom. The van der Waals surface area contributed by atoms with E-state index in [1.807, 2.05) is 43.1 Å². The van der Waals surface area contributed by atoms with E-state index in [2.05, 4.69) is 20.2 Å². The Hall–Kier alpha value is -4.48. The second kappa shape index (κ2) is 9.19. The van der Waals surface area contributed by atoms with Gasteiger partial charge < -0.3 is 9.64 Å². The van der Waals surface area contributed by atoms with Crippen molar-refractivity contribution < 1.29 is 17.9 Å². The van der Waals surface area contributed by atoms with Crippen LogP contribution in [0.2, 0.25) is 0 Å². The van der Waals surface area contributed by atoms with Gasteiger partial charge in [0.1, 0.15) is 29.1 Å². The molecule has 0 fully saturated rings. The number of hydrogen-bond donors (Lipinski definition) is 0. The van der Waals surface area contributed by atoms with Crippen LogP contribution in [0.25, 0.3) is 28.2 Å². The number of halogens is 3. The van der Waals surface area contributed by atoms with Gasteiger partial charge in [0.05, 0.1) is 35.8 Å². The molecule has 0 atom stereocenters. The minimum atomic E-state index is -4.47. The summed E-state index contributed by atoms with van der Waals surface area (Å²) in [4.78, 5) is 15.4. The predicted octanol–water partition coefficient (Wildman–Crippen LogP) is 4.56. The predicted molar refractivity (Wildman–Crippen MR) is 131 cm³/mol. The zero-order valence-electron chi connectivity index (χ0n) is 20.5. The molecule has 5 aromatic rings. The summed E-state index contributed by atoms with van der Waals surface area (Å²) < 4.78 is 47.7. The van der Waals surface area contributed by atoms with E-state index < -0.39 is 11.7 Å². The Kier molecular flexibility index (Phi) is 6.02. The lowest BCUT2D eigenvalue weighted by Crippen LogP contribution is -2.19. The van der Waals surface area contributed by atoms with Crippen LogP contribution in [0.3, 0.4) is 0 Å². The number of benzene rings is 1. The second-order valence-electron chi connectivity index (χ2n) is 8.52. The number of rotatable bonds is 6. The number of pyridine rings is 1. The molecule has 4 heterocycles. The molecule has 0 saturated carbocycles. The first-order valence-electron chi connectivity index (χ1n) is 11.3. The highest BCUT2D eigenvalue weighted by atomic mass is 19.4. The fraction of sp³-hybridized carbons (Fsp3) is 0.240. The van der Waals surface area contributed by atoms with Crippen LogP contribution >= 0.6 is 0 Å². The van der Waals surface area contributed by atoms with Crippen molar-refractivity contribution in [1.82, 2.24) is 34.3 Å². The number of nitrogens with zero attached hydrogens (tertiary/aromatic N) is 8. The summed E-state index contributed by atoms with van der Waals surface area (Å²) in [7, 11) is 5.24. The van der Waals surface area contributed by atoms with Crippen molar-refractivity contribution in [2.75, 3.05) is 19.1 Å². The van der Waals surface area contributed by atoms with Crippen molar-refractivity contribution in [2.45, 2.75) is 19.6 Å². The summed E-state index contributed by atoms with van der Waals surface area (Å²) in [6, 6.07) is 10.1. The number of aryl methyl sites for hydroxylation is 2. The van der Waals surface area contributed by atoms with Crippen molar-refractivity contribution in [3.8, 4) is 28.4 Å². The molecule has 0 saturated heterocycles. The fourth-order valence-corrected chi connectivity index (χ4v) is 4.22. The van der Waals surface area contributed by atoms with Gasteiger partial charge >= 0.3 is 6.18 Å². The first kappa shape index (κ1) is 24.2. The fourth-order valence-electron chi connectivity index (χ4n) is 4.22. The highest BCUT2D eigenvalue weighted by molar-refractivity contribution is 5.91. The van der Waals surface area contributed by atoms with Gasteiger partial charge in [-0.05, 0) is 36.8 Å². The number of alkyl halides is 3. The monoisotopic (exact) mass is 508 g/mol.